The predicted molar refractivity (Wildman–Crippen MR) is 77.4 cm³/mol. The van der Waals surface area contributed by atoms with Gasteiger partial charge in [0.1, 0.15) is 11.5 Å². The van der Waals surface area contributed by atoms with Crippen molar-refractivity contribution in [3.63, 3.8) is 0 Å². The number of ether oxygens (including phenoxy) is 1. The lowest BCUT2D eigenvalue weighted by Crippen LogP contribution is -2.05. The highest BCUT2D eigenvalue weighted by Crippen LogP contribution is 2.37. The van der Waals surface area contributed by atoms with Gasteiger partial charge in [0.2, 0.25) is 0 Å². The fraction of sp³-hybridized carbons (Fsp3) is 0.200. The second-order valence-corrected chi connectivity index (χ2v) is 5.11. The van der Waals surface area contributed by atoms with Crippen LogP contribution in [-0.4, -0.2) is 5.88 Å². The summed E-state index contributed by atoms with van der Waals surface area (Å²) in [5.74, 6) is 1.03. The van der Waals surface area contributed by atoms with E-state index in [2.05, 4.69) is 0 Å². The minimum absolute atomic E-state index is 0.0804. The van der Waals surface area contributed by atoms with Crippen molar-refractivity contribution in [2.75, 3.05) is 5.88 Å². The highest BCUT2D eigenvalue weighted by molar-refractivity contribution is 6.31. The number of benzene rings is 2. The first-order valence-electron chi connectivity index (χ1n) is 6.09. The van der Waals surface area contributed by atoms with Crippen LogP contribution in [0.3, 0.4) is 0 Å². The molecule has 6 heteroatoms. The fourth-order valence-corrected chi connectivity index (χ4v) is 2.20. The highest BCUT2D eigenvalue weighted by atomic mass is 35.5. The van der Waals surface area contributed by atoms with E-state index in [1.54, 1.807) is 12.1 Å². The molecule has 1 nitrogen and oxygen atoms in total. The van der Waals surface area contributed by atoms with Crippen molar-refractivity contribution < 1.29 is 17.9 Å². The van der Waals surface area contributed by atoms with Crippen LogP contribution < -0.4 is 4.74 Å². The second kappa shape index (κ2) is 6.58. The van der Waals surface area contributed by atoms with Crippen LogP contribution in [-0.2, 0) is 12.6 Å². The first kappa shape index (κ1) is 16.0. The summed E-state index contributed by atoms with van der Waals surface area (Å²) in [6, 6.07) is 10.4. The standard InChI is InChI=1S/C15H11Cl2F3O/c16-8-7-10-1-3-11(4-2-10)21-12-5-6-14(17)13(9-12)15(18,19)20/h1-6,9H,7-8H2. The molecule has 0 aliphatic rings. The zero-order chi connectivity index (χ0) is 15.5. The number of aryl methyl sites for hydroxylation is 1. The van der Waals surface area contributed by atoms with Gasteiger partial charge in [-0.05, 0) is 42.3 Å². The molecule has 0 radical (unpaired) electrons. The smallest absolute Gasteiger partial charge is 0.417 e. The van der Waals surface area contributed by atoms with Crippen LogP contribution in [0, 0.1) is 0 Å². The Morgan fingerprint density at radius 3 is 2.14 bits per heavy atom. The third-order valence-corrected chi connectivity index (χ3v) is 3.30. The van der Waals surface area contributed by atoms with E-state index in [0.717, 1.165) is 18.1 Å². The minimum Gasteiger partial charge on any atom is -0.457 e. The van der Waals surface area contributed by atoms with Crippen LogP contribution >= 0.6 is 23.2 Å². The van der Waals surface area contributed by atoms with E-state index in [1.165, 1.54) is 12.1 Å². The third kappa shape index (κ3) is 4.29. The Bertz CT molecular complexity index is 609. The zero-order valence-corrected chi connectivity index (χ0v) is 12.3. The van der Waals surface area contributed by atoms with Crippen molar-refractivity contribution in [3.05, 3.63) is 58.6 Å². The average Bonchev–Trinajstić information content (AvgIpc) is 2.42. The Balaban J connectivity index is 2.20. The van der Waals surface area contributed by atoms with Crippen molar-refractivity contribution in [1.29, 1.82) is 0 Å². The molecule has 0 aromatic heterocycles. The van der Waals surface area contributed by atoms with Gasteiger partial charge >= 0.3 is 6.18 Å². The summed E-state index contributed by atoms with van der Waals surface area (Å²) in [4.78, 5) is 0. The Kier molecular flexibility index (Phi) is 5.01. The highest BCUT2D eigenvalue weighted by Gasteiger charge is 2.33. The van der Waals surface area contributed by atoms with Gasteiger partial charge in [0.25, 0.3) is 0 Å². The molecule has 0 fully saturated rings. The molecule has 0 atom stereocenters. The maximum Gasteiger partial charge on any atom is 0.417 e. The monoisotopic (exact) mass is 334 g/mol. The van der Waals surface area contributed by atoms with Gasteiger partial charge in [0.15, 0.2) is 0 Å². The van der Waals surface area contributed by atoms with Crippen LogP contribution in [0.25, 0.3) is 0 Å². The number of alkyl halides is 4. The first-order chi connectivity index (χ1) is 9.90. The van der Waals surface area contributed by atoms with Gasteiger partial charge < -0.3 is 4.74 Å². The summed E-state index contributed by atoms with van der Waals surface area (Å²) in [6.45, 7) is 0. The summed E-state index contributed by atoms with van der Waals surface area (Å²) in [5, 5.41) is -0.354. The van der Waals surface area contributed by atoms with Crippen LogP contribution in [0.1, 0.15) is 11.1 Å². The van der Waals surface area contributed by atoms with Crippen LogP contribution in [0.5, 0.6) is 11.5 Å². The average molecular weight is 335 g/mol. The van der Waals surface area contributed by atoms with Gasteiger partial charge in [-0.15, -0.1) is 11.6 Å². The molecule has 0 saturated carbocycles. The lowest BCUT2D eigenvalue weighted by atomic mass is 10.1. The molecule has 2 aromatic rings. The Labute approximate surface area is 130 Å². The van der Waals surface area contributed by atoms with E-state index < -0.39 is 11.7 Å². The van der Waals surface area contributed by atoms with Crippen molar-refractivity contribution in [3.8, 4) is 11.5 Å². The first-order valence-corrected chi connectivity index (χ1v) is 7.01. The Morgan fingerprint density at radius 1 is 0.952 bits per heavy atom. The van der Waals surface area contributed by atoms with Gasteiger partial charge in [-0.2, -0.15) is 13.2 Å². The lowest BCUT2D eigenvalue weighted by Gasteiger charge is -2.12. The Morgan fingerprint density at radius 2 is 1.57 bits per heavy atom. The summed E-state index contributed by atoms with van der Waals surface area (Å²) < 4.78 is 43.7. The normalized spacial score (nSPS) is 11.5. The van der Waals surface area contributed by atoms with Gasteiger partial charge in [-0.25, -0.2) is 0 Å². The minimum atomic E-state index is -4.51. The van der Waals surface area contributed by atoms with Gasteiger partial charge in [0.05, 0.1) is 10.6 Å². The number of rotatable bonds is 4. The molecule has 0 aliphatic heterocycles. The summed E-state index contributed by atoms with van der Waals surface area (Å²) in [7, 11) is 0. The molecular formula is C15H11Cl2F3O. The Hall–Kier alpha value is -1.39. The molecule has 2 aromatic carbocycles. The van der Waals surface area contributed by atoms with E-state index >= 15 is 0 Å². The molecule has 0 aliphatic carbocycles. The SMILES string of the molecule is FC(F)(F)c1cc(Oc2ccc(CCCl)cc2)ccc1Cl. The molecule has 21 heavy (non-hydrogen) atoms. The summed E-state index contributed by atoms with van der Waals surface area (Å²) >= 11 is 11.2. The molecule has 0 N–H and O–H groups in total. The molecule has 0 bridgehead atoms. The molecule has 0 spiro atoms. The van der Waals surface area contributed by atoms with Crippen LogP contribution in [0.15, 0.2) is 42.5 Å². The van der Waals surface area contributed by atoms with Crippen molar-refractivity contribution >= 4 is 23.2 Å². The van der Waals surface area contributed by atoms with Crippen LogP contribution in [0.2, 0.25) is 5.02 Å². The largest absolute Gasteiger partial charge is 0.457 e. The molecule has 0 saturated heterocycles. The van der Waals surface area contributed by atoms with Crippen LogP contribution in [0.4, 0.5) is 13.2 Å². The van der Waals surface area contributed by atoms with Crippen molar-refractivity contribution in [2.45, 2.75) is 12.6 Å². The van der Waals surface area contributed by atoms with Crippen molar-refractivity contribution in [2.24, 2.45) is 0 Å². The van der Waals surface area contributed by atoms with E-state index in [1.807, 2.05) is 12.1 Å². The quantitative estimate of drug-likeness (QED) is 0.629. The fourth-order valence-electron chi connectivity index (χ4n) is 1.75. The number of halogens is 5. The van der Waals surface area contributed by atoms with E-state index in [-0.39, 0.29) is 10.8 Å². The van der Waals surface area contributed by atoms with E-state index in [9.17, 15) is 13.2 Å². The van der Waals surface area contributed by atoms with E-state index in [0.29, 0.717) is 11.6 Å². The van der Waals surface area contributed by atoms with Gasteiger partial charge in [-0.1, -0.05) is 23.7 Å². The maximum atomic E-state index is 12.8. The number of hydrogen-bond donors (Lipinski definition) is 0. The molecule has 2 rings (SSSR count). The third-order valence-electron chi connectivity index (χ3n) is 2.79. The molecule has 0 unspecified atom stereocenters. The number of hydrogen-bond acceptors (Lipinski definition) is 1. The summed E-state index contributed by atoms with van der Waals surface area (Å²) in [6.07, 6.45) is -3.79. The molecule has 0 amide bonds. The summed E-state index contributed by atoms with van der Waals surface area (Å²) in [5.41, 5.74) is 0.116. The molecular weight excluding hydrogens is 324 g/mol. The second-order valence-electron chi connectivity index (χ2n) is 4.32. The topological polar surface area (TPSA) is 9.23 Å². The van der Waals surface area contributed by atoms with Gasteiger partial charge in [0, 0.05) is 5.88 Å². The maximum absolute atomic E-state index is 12.8. The van der Waals surface area contributed by atoms with E-state index in [4.69, 9.17) is 27.9 Å². The lowest BCUT2D eigenvalue weighted by molar-refractivity contribution is -0.137. The predicted octanol–water partition coefficient (Wildman–Crippen LogP) is 5.93. The zero-order valence-electron chi connectivity index (χ0n) is 10.8. The van der Waals surface area contributed by atoms with Gasteiger partial charge in [-0.3, -0.25) is 0 Å². The molecule has 0 heterocycles. The molecule has 112 valence electrons. The van der Waals surface area contributed by atoms with Crippen molar-refractivity contribution in [1.82, 2.24) is 0 Å².